The van der Waals surface area contributed by atoms with Crippen LogP contribution >= 0.6 is 0 Å². The molecule has 0 radical (unpaired) electrons. The molecule has 0 atom stereocenters. The van der Waals surface area contributed by atoms with Crippen molar-refractivity contribution in [3.63, 3.8) is 0 Å². The zero-order valence-electron chi connectivity index (χ0n) is 15.4. The van der Waals surface area contributed by atoms with E-state index in [9.17, 15) is 28.1 Å². The molecule has 0 N–H and O–H groups in total. The predicted octanol–water partition coefficient (Wildman–Crippen LogP) is 3.87. The monoisotopic (exact) mass is 413 g/mol. The number of carbonyl (C=O) groups is 1. The highest BCUT2D eigenvalue weighted by molar-refractivity contribution is 5.73. The number of esters is 1. The number of nitrogens with zero attached hydrogens (tertiary/aromatic N) is 3. The summed E-state index contributed by atoms with van der Waals surface area (Å²) in [5, 5.41) is 15.0. The first-order chi connectivity index (χ1) is 13.6. The molecule has 0 unspecified atom stereocenters. The van der Waals surface area contributed by atoms with Gasteiger partial charge in [-0.3, -0.25) is 14.9 Å². The standard InChI is InChI=1S/C18H18F3N3O5/c1-11-8-14(29-22-11)10-28-17(25)12-4-6-23(7-5-12)15-3-2-13(18(19,20)21)9-16(15)24(26)27/h2-3,8-9,12H,4-7,10H2,1H3. The minimum atomic E-state index is -4.66. The van der Waals surface area contributed by atoms with Gasteiger partial charge in [-0.25, -0.2) is 0 Å². The molecule has 8 nitrogen and oxygen atoms in total. The zero-order chi connectivity index (χ0) is 21.2. The van der Waals surface area contributed by atoms with Crippen LogP contribution in [0.3, 0.4) is 0 Å². The molecule has 0 spiro atoms. The maximum absolute atomic E-state index is 12.8. The lowest BCUT2D eigenvalue weighted by Gasteiger charge is -2.32. The van der Waals surface area contributed by atoms with Crippen LogP contribution in [0.2, 0.25) is 0 Å². The van der Waals surface area contributed by atoms with Crippen molar-refractivity contribution in [3.8, 4) is 0 Å². The molecule has 11 heteroatoms. The van der Waals surface area contributed by atoms with E-state index in [0.717, 1.165) is 12.1 Å². The lowest BCUT2D eigenvalue weighted by molar-refractivity contribution is -0.384. The third kappa shape index (κ3) is 4.84. The van der Waals surface area contributed by atoms with E-state index in [-0.39, 0.29) is 25.4 Å². The average Bonchev–Trinajstić information content (AvgIpc) is 3.10. The third-order valence-electron chi connectivity index (χ3n) is 4.70. The lowest BCUT2D eigenvalue weighted by atomic mass is 9.96. The zero-order valence-corrected chi connectivity index (χ0v) is 15.4. The Hall–Kier alpha value is -3.11. The van der Waals surface area contributed by atoms with E-state index in [1.807, 2.05) is 0 Å². The Kier molecular flexibility index (Phi) is 5.76. The van der Waals surface area contributed by atoms with Crippen molar-refractivity contribution in [2.75, 3.05) is 18.0 Å². The molecule has 0 saturated carbocycles. The molecule has 0 bridgehead atoms. The van der Waals surface area contributed by atoms with Gasteiger partial charge in [0.1, 0.15) is 5.69 Å². The molecular formula is C18H18F3N3O5. The molecule has 2 heterocycles. The second kappa shape index (κ2) is 8.10. The summed E-state index contributed by atoms with van der Waals surface area (Å²) in [5.74, 6) is -0.391. The minimum Gasteiger partial charge on any atom is -0.457 e. The summed E-state index contributed by atoms with van der Waals surface area (Å²) < 4.78 is 48.7. The fourth-order valence-corrected chi connectivity index (χ4v) is 3.21. The van der Waals surface area contributed by atoms with Gasteiger partial charge < -0.3 is 14.2 Å². The fraction of sp³-hybridized carbons (Fsp3) is 0.444. The van der Waals surface area contributed by atoms with Gasteiger partial charge in [-0.2, -0.15) is 13.2 Å². The molecule has 1 aliphatic heterocycles. The summed E-state index contributed by atoms with van der Waals surface area (Å²) in [6, 6.07) is 4.11. The van der Waals surface area contributed by atoms with E-state index in [0.29, 0.717) is 30.4 Å². The highest BCUT2D eigenvalue weighted by Crippen LogP contribution is 2.37. The Morgan fingerprint density at radius 2 is 2.03 bits per heavy atom. The number of carbonyl (C=O) groups excluding carboxylic acids is 1. The van der Waals surface area contributed by atoms with Crippen LogP contribution in [-0.4, -0.2) is 29.1 Å². The molecule has 1 aromatic heterocycles. The number of halogens is 3. The Labute approximate surface area is 163 Å². The molecule has 1 saturated heterocycles. The van der Waals surface area contributed by atoms with Crippen LogP contribution in [0.15, 0.2) is 28.8 Å². The molecule has 1 aliphatic rings. The summed E-state index contributed by atoms with van der Waals surface area (Å²) in [7, 11) is 0. The van der Waals surface area contributed by atoms with E-state index in [2.05, 4.69) is 5.16 Å². The van der Waals surface area contributed by atoms with Gasteiger partial charge in [0.25, 0.3) is 5.69 Å². The summed E-state index contributed by atoms with van der Waals surface area (Å²) in [6.45, 7) is 2.27. The number of anilines is 1. The van der Waals surface area contributed by atoms with Gasteiger partial charge in [0.2, 0.25) is 0 Å². The predicted molar refractivity (Wildman–Crippen MR) is 94.1 cm³/mol. The Morgan fingerprint density at radius 1 is 1.34 bits per heavy atom. The second-order valence-electron chi connectivity index (χ2n) is 6.76. The number of hydrogen-bond acceptors (Lipinski definition) is 7. The summed E-state index contributed by atoms with van der Waals surface area (Å²) in [4.78, 5) is 24.3. The highest BCUT2D eigenvalue weighted by Gasteiger charge is 2.35. The number of aryl methyl sites for hydroxylation is 1. The molecular weight excluding hydrogens is 395 g/mol. The molecule has 29 heavy (non-hydrogen) atoms. The van der Waals surface area contributed by atoms with Crippen LogP contribution in [0.4, 0.5) is 24.5 Å². The van der Waals surface area contributed by atoms with E-state index < -0.39 is 34.2 Å². The first kappa shape index (κ1) is 20.6. The van der Waals surface area contributed by atoms with E-state index in [1.54, 1.807) is 17.9 Å². The van der Waals surface area contributed by atoms with Gasteiger partial charge in [0.15, 0.2) is 12.4 Å². The topological polar surface area (TPSA) is 98.7 Å². The van der Waals surface area contributed by atoms with Gasteiger partial charge in [0, 0.05) is 25.2 Å². The molecule has 3 rings (SSSR count). The number of piperidine rings is 1. The number of hydrogen-bond donors (Lipinski definition) is 0. The Morgan fingerprint density at radius 3 is 2.59 bits per heavy atom. The van der Waals surface area contributed by atoms with Crippen LogP contribution in [0.1, 0.15) is 29.9 Å². The van der Waals surface area contributed by atoms with E-state index in [4.69, 9.17) is 9.26 Å². The van der Waals surface area contributed by atoms with Crippen molar-refractivity contribution < 1.29 is 32.1 Å². The Bertz CT molecular complexity index is 904. The lowest BCUT2D eigenvalue weighted by Crippen LogP contribution is -2.37. The highest BCUT2D eigenvalue weighted by atomic mass is 19.4. The number of alkyl halides is 3. The maximum atomic E-state index is 12.8. The van der Waals surface area contributed by atoms with Gasteiger partial charge >= 0.3 is 12.1 Å². The summed E-state index contributed by atoms with van der Waals surface area (Å²) >= 11 is 0. The maximum Gasteiger partial charge on any atom is 0.416 e. The molecule has 156 valence electrons. The third-order valence-corrected chi connectivity index (χ3v) is 4.70. The average molecular weight is 413 g/mol. The van der Waals surface area contributed by atoms with Crippen molar-refractivity contribution in [2.45, 2.75) is 32.5 Å². The van der Waals surface area contributed by atoms with Gasteiger partial charge in [0.05, 0.1) is 22.1 Å². The first-order valence-electron chi connectivity index (χ1n) is 8.84. The van der Waals surface area contributed by atoms with Crippen LogP contribution in [0.5, 0.6) is 0 Å². The van der Waals surface area contributed by atoms with Crippen LogP contribution in [0, 0.1) is 23.0 Å². The number of aromatic nitrogens is 1. The first-order valence-corrected chi connectivity index (χ1v) is 8.84. The van der Waals surface area contributed by atoms with Crippen molar-refractivity contribution in [1.82, 2.24) is 5.16 Å². The minimum absolute atomic E-state index is 0.0374. The van der Waals surface area contributed by atoms with Gasteiger partial charge in [-0.1, -0.05) is 5.16 Å². The molecule has 0 aliphatic carbocycles. The molecule has 2 aromatic rings. The van der Waals surface area contributed by atoms with Crippen LogP contribution in [-0.2, 0) is 22.3 Å². The molecule has 0 amide bonds. The SMILES string of the molecule is Cc1cc(COC(=O)C2CCN(c3ccc(C(F)(F)F)cc3[N+](=O)[O-])CC2)on1. The van der Waals surface area contributed by atoms with Crippen molar-refractivity contribution >= 4 is 17.3 Å². The normalized spacial score (nSPS) is 15.4. The Balaban J connectivity index is 1.62. The quantitative estimate of drug-likeness (QED) is 0.417. The van der Waals surface area contributed by atoms with Gasteiger partial charge in [-0.15, -0.1) is 0 Å². The fourth-order valence-electron chi connectivity index (χ4n) is 3.21. The number of benzene rings is 1. The van der Waals surface area contributed by atoms with Crippen LogP contribution in [0.25, 0.3) is 0 Å². The van der Waals surface area contributed by atoms with Crippen molar-refractivity contribution in [3.05, 3.63) is 51.4 Å². The molecule has 1 fully saturated rings. The number of ether oxygens (including phenoxy) is 1. The number of rotatable bonds is 5. The molecule has 1 aromatic carbocycles. The number of nitro benzene ring substituents is 1. The van der Waals surface area contributed by atoms with Crippen LogP contribution < -0.4 is 4.90 Å². The smallest absolute Gasteiger partial charge is 0.416 e. The largest absolute Gasteiger partial charge is 0.457 e. The van der Waals surface area contributed by atoms with E-state index in [1.165, 1.54) is 0 Å². The van der Waals surface area contributed by atoms with Crippen molar-refractivity contribution in [1.29, 1.82) is 0 Å². The van der Waals surface area contributed by atoms with Crippen molar-refractivity contribution in [2.24, 2.45) is 5.92 Å². The number of nitro groups is 1. The second-order valence-corrected chi connectivity index (χ2v) is 6.76. The van der Waals surface area contributed by atoms with E-state index >= 15 is 0 Å². The summed E-state index contributed by atoms with van der Waals surface area (Å²) in [6.07, 6.45) is -3.93. The van der Waals surface area contributed by atoms with Gasteiger partial charge in [-0.05, 0) is 31.9 Å². The summed E-state index contributed by atoms with van der Waals surface area (Å²) in [5.41, 5.74) is -0.912.